The molecule has 1 aromatic carbocycles. The predicted molar refractivity (Wildman–Crippen MR) is 73.0 cm³/mol. The van der Waals surface area contributed by atoms with Crippen LogP contribution in [0.3, 0.4) is 0 Å². The van der Waals surface area contributed by atoms with E-state index in [0.717, 1.165) is 12.1 Å². The van der Waals surface area contributed by atoms with Crippen LogP contribution in [0.25, 0.3) is 0 Å². The lowest BCUT2D eigenvalue weighted by atomic mass is 10.1. The van der Waals surface area contributed by atoms with E-state index in [2.05, 4.69) is 16.4 Å². The summed E-state index contributed by atoms with van der Waals surface area (Å²) in [5.41, 5.74) is 2.64. The molecule has 6 heteroatoms. The number of fused-ring (bicyclic) bond motifs is 1. The molecule has 0 radical (unpaired) electrons. The summed E-state index contributed by atoms with van der Waals surface area (Å²) in [7, 11) is 0. The lowest BCUT2D eigenvalue weighted by Crippen LogP contribution is -2.38. The summed E-state index contributed by atoms with van der Waals surface area (Å²) >= 11 is 0. The Kier molecular flexibility index (Phi) is 3.23. The molecule has 0 spiro atoms. The molecule has 0 fully saturated rings. The number of amides is 1. The Bertz CT molecular complexity index is 638. The van der Waals surface area contributed by atoms with Gasteiger partial charge in [-0.3, -0.25) is 4.79 Å². The minimum absolute atomic E-state index is 0.0168. The monoisotopic (exact) mass is 272 g/mol. The molecule has 0 saturated carbocycles. The van der Waals surface area contributed by atoms with Crippen molar-refractivity contribution in [3.63, 3.8) is 0 Å². The van der Waals surface area contributed by atoms with Gasteiger partial charge in [-0.25, -0.2) is 4.68 Å². The number of carbonyl (C=O) groups excluding carboxylic acids is 1. The average molecular weight is 272 g/mol. The lowest BCUT2D eigenvalue weighted by Gasteiger charge is -2.22. The molecular weight excluding hydrogens is 256 g/mol. The van der Waals surface area contributed by atoms with Gasteiger partial charge in [0, 0.05) is 11.7 Å². The number of benzene rings is 1. The lowest BCUT2D eigenvalue weighted by molar-refractivity contribution is -0.119. The highest BCUT2D eigenvalue weighted by Crippen LogP contribution is 2.31. The van der Waals surface area contributed by atoms with Gasteiger partial charge >= 0.3 is 0 Å². The number of aliphatic hydroxyl groups excluding tert-OH is 1. The zero-order valence-corrected chi connectivity index (χ0v) is 11.2. The fourth-order valence-electron chi connectivity index (χ4n) is 2.65. The first kappa shape index (κ1) is 12.8. The van der Waals surface area contributed by atoms with Crippen molar-refractivity contribution in [2.75, 3.05) is 4.90 Å². The normalized spacial score (nSPS) is 17.3. The first-order chi connectivity index (χ1) is 9.69. The number of hydrogen-bond donors (Lipinski definition) is 1. The van der Waals surface area contributed by atoms with Crippen LogP contribution in [0.2, 0.25) is 0 Å². The minimum Gasteiger partial charge on any atom is -0.390 e. The molecule has 6 nitrogen and oxygen atoms in total. The third-order valence-electron chi connectivity index (χ3n) is 3.52. The SMILES string of the molecule is CC1Cc2ccccc2N1C(=O)Cn1cc(CO)nn1. The van der Waals surface area contributed by atoms with Crippen LogP contribution in [0.1, 0.15) is 18.2 Å². The second-order valence-corrected chi connectivity index (χ2v) is 5.01. The van der Waals surface area contributed by atoms with Crippen LogP contribution < -0.4 is 4.90 Å². The topological polar surface area (TPSA) is 71.2 Å². The Labute approximate surface area is 116 Å². The van der Waals surface area contributed by atoms with Crippen LogP contribution in [0.4, 0.5) is 5.69 Å². The molecule has 0 aliphatic carbocycles. The molecule has 3 rings (SSSR count). The molecule has 104 valence electrons. The van der Waals surface area contributed by atoms with Gasteiger partial charge in [-0.15, -0.1) is 5.10 Å². The van der Waals surface area contributed by atoms with E-state index in [1.54, 1.807) is 6.20 Å². The molecule has 1 N–H and O–H groups in total. The maximum absolute atomic E-state index is 12.5. The van der Waals surface area contributed by atoms with Crippen LogP contribution >= 0.6 is 0 Å². The number of aliphatic hydroxyl groups is 1. The second kappa shape index (κ2) is 5.05. The van der Waals surface area contributed by atoms with Gasteiger partial charge < -0.3 is 10.0 Å². The van der Waals surface area contributed by atoms with Crippen LogP contribution in [0.5, 0.6) is 0 Å². The molecule has 2 heterocycles. The molecule has 0 saturated heterocycles. The number of aromatic nitrogens is 3. The van der Waals surface area contributed by atoms with E-state index < -0.39 is 0 Å². The van der Waals surface area contributed by atoms with Crippen molar-refractivity contribution >= 4 is 11.6 Å². The largest absolute Gasteiger partial charge is 0.390 e. The zero-order chi connectivity index (χ0) is 14.1. The Balaban J connectivity index is 1.80. The van der Waals surface area contributed by atoms with Crippen molar-refractivity contribution in [2.24, 2.45) is 0 Å². The van der Waals surface area contributed by atoms with Crippen molar-refractivity contribution in [1.82, 2.24) is 15.0 Å². The van der Waals surface area contributed by atoms with Gasteiger partial charge in [-0.1, -0.05) is 23.4 Å². The highest BCUT2D eigenvalue weighted by atomic mass is 16.3. The maximum Gasteiger partial charge on any atom is 0.249 e. The van der Waals surface area contributed by atoms with Gasteiger partial charge in [-0.2, -0.15) is 0 Å². The molecule has 1 atom stereocenters. The van der Waals surface area contributed by atoms with Gasteiger partial charge in [-0.05, 0) is 25.0 Å². The molecule has 2 aromatic rings. The number of anilines is 1. The predicted octanol–water partition coefficient (Wildman–Crippen LogP) is 0.748. The van der Waals surface area contributed by atoms with E-state index in [1.165, 1.54) is 10.2 Å². The summed E-state index contributed by atoms with van der Waals surface area (Å²) in [4.78, 5) is 14.3. The summed E-state index contributed by atoms with van der Waals surface area (Å²) in [5.74, 6) is -0.0168. The van der Waals surface area contributed by atoms with Crippen LogP contribution in [0, 0.1) is 0 Å². The quantitative estimate of drug-likeness (QED) is 0.895. The number of para-hydroxylation sites is 1. The van der Waals surface area contributed by atoms with Crippen molar-refractivity contribution in [3.8, 4) is 0 Å². The third kappa shape index (κ3) is 2.18. The van der Waals surface area contributed by atoms with E-state index in [-0.39, 0.29) is 25.1 Å². The fraction of sp³-hybridized carbons (Fsp3) is 0.357. The summed E-state index contributed by atoms with van der Waals surface area (Å²) in [5, 5.41) is 16.6. The summed E-state index contributed by atoms with van der Waals surface area (Å²) in [6.45, 7) is 2.00. The van der Waals surface area contributed by atoms with E-state index >= 15 is 0 Å². The van der Waals surface area contributed by atoms with Crippen LogP contribution in [-0.2, 0) is 24.4 Å². The molecule has 20 heavy (non-hydrogen) atoms. The Morgan fingerprint density at radius 3 is 3.00 bits per heavy atom. The van der Waals surface area contributed by atoms with Crippen molar-refractivity contribution in [3.05, 3.63) is 41.7 Å². The first-order valence-corrected chi connectivity index (χ1v) is 6.59. The van der Waals surface area contributed by atoms with Gasteiger partial charge in [0.25, 0.3) is 0 Å². The zero-order valence-electron chi connectivity index (χ0n) is 11.2. The van der Waals surface area contributed by atoms with E-state index in [1.807, 2.05) is 30.0 Å². The number of rotatable bonds is 3. The van der Waals surface area contributed by atoms with Gasteiger partial charge in [0.1, 0.15) is 12.2 Å². The molecule has 1 aliphatic rings. The van der Waals surface area contributed by atoms with E-state index in [0.29, 0.717) is 5.69 Å². The molecular formula is C14H16N4O2. The standard InChI is InChI=1S/C14H16N4O2/c1-10-6-11-4-2-3-5-13(11)18(10)14(20)8-17-7-12(9-19)15-16-17/h2-5,7,10,19H,6,8-9H2,1H3. The number of nitrogens with zero attached hydrogens (tertiary/aromatic N) is 4. The van der Waals surface area contributed by atoms with Crippen molar-refractivity contribution in [2.45, 2.75) is 32.5 Å². The minimum atomic E-state index is -0.170. The Morgan fingerprint density at radius 2 is 2.25 bits per heavy atom. The van der Waals surface area contributed by atoms with E-state index in [9.17, 15) is 4.79 Å². The highest BCUT2D eigenvalue weighted by molar-refractivity contribution is 5.95. The van der Waals surface area contributed by atoms with E-state index in [4.69, 9.17) is 5.11 Å². The van der Waals surface area contributed by atoms with Crippen LogP contribution in [0.15, 0.2) is 30.5 Å². The molecule has 1 aliphatic heterocycles. The maximum atomic E-state index is 12.5. The Morgan fingerprint density at radius 1 is 1.45 bits per heavy atom. The molecule has 1 amide bonds. The van der Waals surface area contributed by atoms with Gasteiger partial charge in [0.2, 0.25) is 5.91 Å². The van der Waals surface area contributed by atoms with Gasteiger partial charge in [0.15, 0.2) is 0 Å². The number of carbonyl (C=O) groups is 1. The van der Waals surface area contributed by atoms with Crippen LogP contribution in [-0.4, -0.2) is 32.0 Å². The highest BCUT2D eigenvalue weighted by Gasteiger charge is 2.30. The van der Waals surface area contributed by atoms with Gasteiger partial charge in [0.05, 0.1) is 12.8 Å². The first-order valence-electron chi connectivity index (χ1n) is 6.59. The fourth-order valence-corrected chi connectivity index (χ4v) is 2.65. The molecule has 0 bridgehead atoms. The third-order valence-corrected chi connectivity index (χ3v) is 3.52. The van der Waals surface area contributed by atoms with Crippen molar-refractivity contribution in [1.29, 1.82) is 0 Å². The average Bonchev–Trinajstić information content (AvgIpc) is 3.01. The number of hydrogen-bond acceptors (Lipinski definition) is 4. The summed E-state index contributed by atoms with van der Waals surface area (Å²) < 4.78 is 1.46. The molecule has 1 aromatic heterocycles. The summed E-state index contributed by atoms with van der Waals surface area (Å²) in [6, 6.07) is 8.11. The second-order valence-electron chi connectivity index (χ2n) is 5.01. The smallest absolute Gasteiger partial charge is 0.249 e. The Hall–Kier alpha value is -2.21. The van der Waals surface area contributed by atoms with Crippen molar-refractivity contribution < 1.29 is 9.90 Å². The molecule has 1 unspecified atom stereocenters. The summed E-state index contributed by atoms with van der Waals surface area (Å²) in [6.07, 6.45) is 2.46.